The molecule has 0 saturated carbocycles. The molecule has 4 nitrogen and oxygen atoms in total. The molecule has 2 unspecified atom stereocenters. The monoisotopic (exact) mass is 437 g/mol. The number of carbonyl (C=O) groups is 1. The quantitative estimate of drug-likeness (QED) is 0.167. The highest BCUT2D eigenvalue weighted by Crippen LogP contribution is 2.23. The van der Waals surface area contributed by atoms with Gasteiger partial charge >= 0.3 is 5.97 Å². The van der Waals surface area contributed by atoms with Crippen LogP contribution in [0.1, 0.15) is 105 Å². The molecular formula is C25H47NO3Si. The maximum absolute atomic E-state index is 11.3. The van der Waals surface area contributed by atoms with Gasteiger partial charge in [-0.05, 0) is 19.4 Å². The number of unbranched alkanes of at least 4 members (excludes halogenated alkanes) is 6. The van der Waals surface area contributed by atoms with E-state index >= 15 is 0 Å². The molecule has 0 bridgehead atoms. The first-order valence-electron chi connectivity index (χ1n) is 12.4. The molecule has 1 rings (SSSR count). The van der Waals surface area contributed by atoms with E-state index in [-0.39, 0.29) is 18.1 Å². The molecule has 1 heterocycles. The molecule has 0 aliphatic rings. The molecule has 2 atom stereocenters. The highest BCUT2D eigenvalue weighted by molar-refractivity contribution is 6.90. The highest BCUT2D eigenvalue weighted by Gasteiger charge is 2.33. The van der Waals surface area contributed by atoms with Crippen LogP contribution in [0.5, 0.6) is 0 Å². The predicted octanol–water partition coefficient (Wildman–Crippen LogP) is 6.72. The van der Waals surface area contributed by atoms with Crippen LogP contribution < -0.4 is 10.7 Å². The Morgan fingerprint density at radius 2 is 1.63 bits per heavy atom. The van der Waals surface area contributed by atoms with Gasteiger partial charge in [0.2, 0.25) is 0 Å². The van der Waals surface area contributed by atoms with Gasteiger partial charge in [-0.1, -0.05) is 90.8 Å². The molecule has 0 aliphatic carbocycles. The van der Waals surface area contributed by atoms with Gasteiger partial charge in [0.25, 0.3) is 0 Å². The van der Waals surface area contributed by atoms with Crippen LogP contribution in [0.2, 0.25) is 18.1 Å². The van der Waals surface area contributed by atoms with Crippen molar-refractivity contribution in [3.63, 3.8) is 0 Å². The zero-order chi connectivity index (χ0) is 22.4. The van der Waals surface area contributed by atoms with Gasteiger partial charge in [-0.3, -0.25) is 4.79 Å². The van der Waals surface area contributed by atoms with Gasteiger partial charge in [-0.2, -0.15) is 0 Å². The van der Waals surface area contributed by atoms with E-state index in [1.165, 1.54) is 80.9 Å². The molecule has 1 aromatic rings. The summed E-state index contributed by atoms with van der Waals surface area (Å²) in [5, 5.41) is 4.94. The Hall–Kier alpha value is -1.07. The van der Waals surface area contributed by atoms with Crippen LogP contribution in [0.25, 0.3) is 0 Å². The summed E-state index contributed by atoms with van der Waals surface area (Å²) in [7, 11) is -1.49. The van der Waals surface area contributed by atoms with Crippen LogP contribution in [0.4, 0.5) is 0 Å². The predicted molar refractivity (Wildman–Crippen MR) is 130 cm³/mol. The van der Waals surface area contributed by atoms with Gasteiger partial charge in [0.05, 0.1) is 11.6 Å². The van der Waals surface area contributed by atoms with Crippen LogP contribution in [0.15, 0.2) is 16.7 Å². The Bertz CT molecular complexity index is 574. The molecule has 0 saturated heterocycles. The maximum Gasteiger partial charge on any atom is 0.302 e. The van der Waals surface area contributed by atoms with Crippen molar-refractivity contribution in [3.05, 3.63) is 17.9 Å². The number of esters is 1. The van der Waals surface area contributed by atoms with E-state index in [2.05, 4.69) is 46.0 Å². The van der Waals surface area contributed by atoms with E-state index in [9.17, 15) is 4.79 Å². The lowest BCUT2D eigenvalue weighted by molar-refractivity contribution is -0.141. The minimum Gasteiger partial charge on any atom is -0.474 e. The van der Waals surface area contributed by atoms with Crippen molar-refractivity contribution in [2.75, 3.05) is 6.61 Å². The average molecular weight is 438 g/mol. The second-order valence-corrected chi connectivity index (χ2v) is 14.1. The maximum atomic E-state index is 11.3. The number of hydrogen-bond donors (Lipinski definition) is 1. The Morgan fingerprint density at radius 3 is 2.20 bits per heavy atom. The zero-order valence-electron chi connectivity index (χ0n) is 20.5. The number of furan rings is 1. The van der Waals surface area contributed by atoms with E-state index in [1.54, 1.807) is 0 Å². The van der Waals surface area contributed by atoms with Gasteiger partial charge < -0.3 is 14.5 Å². The second kappa shape index (κ2) is 14.8. The van der Waals surface area contributed by atoms with Crippen molar-refractivity contribution in [2.24, 2.45) is 0 Å². The smallest absolute Gasteiger partial charge is 0.302 e. The topological polar surface area (TPSA) is 51.5 Å². The summed E-state index contributed by atoms with van der Waals surface area (Å²) in [6.45, 7) is 13.3. The molecule has 0 aromatic carbocycles. The lowest BCUT2D eigenvalue weighted by Gasteiger charge is -2.25. The molecule has 0 radical (unpaired) electrons. The summed E-state index contributed by atoms with van der Waals surface area (Å²) in [4.78, 5) is 11.3. The van der Waals surface area contributed by atoms with E-state index in [4.69, 9.17) is 9.15 Å². The standard InChI is InChI=1S/C25H47NO3Si/c1-7-11-12-13-14-15-16-17-24(20-28-22(6)27)26-21(5)23-18-25(29-19-23)30(8-2,9-3)10-4/h18-19,21,24,26H,7-17,20H2,1-6H3. The number of ether oxygens (including phenoxy) is 1. The van der Waals surface area contributed by atoms with Gasteiger partial charge in [0.1, 0.15) is 14.7 Å². The lowest BCUT2D eigenvalue weighted by Crippen LogP contribution is -2.45. The highest BCUT2D eigenvalue weighted by atomic mass is 28.3. The van der Waals surface area contributed by atoms with Gasteiger partial charge in [-0.15, -0.1) is 0 Å². The summed E-state index contributed by atoms with van der Waals surface area (Å²) in [5.74, 6) is -0.204. The van der Waals surface area contributed by atoms with Crippen LogP contribution in [-0.4, -0.2) is 26.7 Å². The third kappa shape index (κ3) is 8.97. The third-order valence-electron chi connectivity index (χ3n) is 6.80. The SMILES string of the molecule is CCCCCCCCCC(COC(C)=O)NC(C)c1coc([Si](CC)(CC)CC)c1. The summed E-state index contributed by atoms with van der Waals surface area (Å²) < 4.78 is 11.4. The molecular weight excluding hydrogens is 390 g/mol. The first-order valence-corrected chi connectivity index (χ1v) is 15.0. The average Bonchev–Trinajstić information content (AvgIpc) is 3.23. The number of nitrogens with one attached hydrogen (secondary N) is 1. The largest absolute Gasteiger partial charge is 0.474 e. The zero-order valence-corrected chi connectivity index (χ0v) is 21.5. The van der Waals surface area contributed by atoms with Crippen LogP contribution >= 0.6 is 0 Å². The molecule has 30 heavy (non-hydrogen) atoms. The number of rotatable bonds is 17. The molecule has 5 heteroatoms. The van der Waals surface area contributed by atoms with Gasteiger partial charge in [0, 0.05) is 24.6 Å². The Labute approximate surface area is 186 Å². The van der Waals surface area contributed by atoms with Crippen molar-refractivity contribution >= 4 is 19.4 Å². The van der Waals surface area contributed by atoms with Crippen molar-refractivity contribution in [1.82, 2.24) is 5.32 Å². The first-order chi connectivity index (χ1) is 14.4. The van der Waals surface area contributed by atoms with Crippen LogP contribution in [0.3, 0.4) is 0 Å². The minimum absolute atomic E-state index is 0.184. The van der Waals surface area contributed by atoms with Crippen molar-refractivity contribution in [1.29, 1.82) is 0 Å². The molecule has 1 N–H and O–H groups in total. The summed E-state index contributed by atoms with van der Waals surface area (Å²) in [6, 6.07) is 6.33. The Balaban J connectivity index is 2.64. The number of carbonyl (C=O) groups excluding carboxylic acids is 1. The molecule has 0 fully saturated rings. The van der Waals surface area contributed by atoms with E-state index in [0.29, 0.717) is 6.61 Å². The Kier molecular flexibility index (Phi) is 13.3. The summed E-state index contributed by atoms with van der Waals surface area (Å²) in [6.07, 6.45) is 12.0. The van der Waals surface area contributed by atoms with Crippen LogP contribution in [-0.2, 0) is 9.53 Å². The fourth-order valence-electron chi connectivity index (χ4n) is 4.36. The van der Waals surface area contributed by atoms with Crippen LogP contribution in [0, 0.1) is 0 Å². The van der Waals surface area contributed by atoms with Gasteiger partial charge in [-0.25, -0.2) is 0 Å². The summed E-state index contributed by atoms with van der Waals surface area (Å²) in [5.41, 5.74) is 1.21. The Morgan fingerprint density at radius 1 is 1.03 bits per heavy atom. The minimum atomic E-state index is -1.49. The molecule has 174 valence electrons. The van der Waals surface area contributed by atoms with Crippen molar-refractivity contribution in [2.45, 2.75) is 123 Å². The fraction of sp³-hybridized carbons (Fsp3) is 0.800. The van der Waals surface area contributed by atoms with Gasteiger partial charge in [0.15, 0.2) is 0 Å². The third-order valence-corrected chi connectivity index (χ3v) is 12.2. The normalized spacial score (nSPS) is 13.9. The molecule has 0 aliphatic heterocycles. The fourth-order valence-corrected chi connectivity index (χ4v) is 7.69. The molecule has 0 spiro atoms. The molecule has 0 amide bonds. The number of hydrogen-bond acceptors (Lipinski definition) is 4. The lowest BCUT2D eigenvalue weighted by atomic mass is 10.0. The molecule has 1 aromatic heterocycles. The first kappa shape index (κ1) is 27.0. The van der Waals surface area contributed by atoms with E-state index in [1.807, 2.05) is 6.26 Å². The summed E-state index contributed by atoms with van der Waals surface area (Å²) >= 11 is 0. The second-order valence-electron chi connectivity index (χ2n) is 8.88. The van der Waals surface area contributed by atoms with E-state index < -0.39 is 8.07 Å². The van der Waals surface area contributed by atoms with Crippen molar-refractivity contribution in [3.8, 4) is 0 Å². The van der Waals surface area contributed by atoms with E-state index in [0.717, 1.165) is 6.42 Å². The van der Waals surface area contributed by atoms with Crippen molar-refractivity contribution < 1.29 is 13.9 Å².